The zero-order valence-corrected chi connectivity index (χ0v) is 20.5. The number of amides is 3. The number of rotatable bonds is 9. The van der Waals surface area contributed by atoms with Crippen LogP contribution in [0.25, 0.3) is 10.6 Å². The van der Waals surface area contributed by atoms with Gasteiger partial charge < -0.3 is 20.1 Å². The van der Waals surface area contributed by atoms with Gasteiger partial charge >= 0.3 is 6.03 Å². The first-order valence-corrected chi connectivity index (χ1v) is 11.9. The Bertz CT molecular complexity index is 1290. The molecule has 0 fully saturated rings. The lowest BCUT2D eigenvalue weighted by Crippen LogP contribution is -2.46. The van der Waals surface area contributed by atoms with Gasteiger partial charge in [-0.2, -0.15) is 0 Å². The average Bonchev–Trinajstić information content (AvgIpc) is 3.37. The molecule has 36 heavy (non-hydrogen) atoms. The van der Waals surface area contributed by atoms with Gasteiger partial charge in [0.05, 0.1) is 14.2 Å². The summed E-state index contributed by atoms with van der Waals surface area (Å²) in [5.74, 6) is 0.635. The summed E-state index contributed by atoms with van der Waals surface area (Å²) in [4.78, 5) is 26.0. The average molecular weight is 504 g/mol. The second kappa shape index (κ2) is 11.8. The number of hydrogen-bond donors (Lipinski definition) is 3. The molecule has 3 aromatic carbocycles. The Hall–Kier alpha value is -4.44. The summed E-state index contributed by atoms with van der Waals surface area (Å²) in [6.45, 7) is 0. The summed E-state index contributed by atoms with van der Waals surface area (Å²) in [5.41, 5.74) is 2.25. The van der Waals surface area contributed by atoms with E-state index in [0.717, 1.165) is 11.1 Å². The SMILES string of the molecule is COc1cc(NC(=O)NC(Cc2ccccc2)C(=O)Nc2nnc(-c3ccccc3)s2)cc(OC)c1. The maximum Gasteiger partial charge on any atom is 0.319 e. The molecule has 0 radical (unpaired) electrons. The number of anilines is 2. The molecule has 10 heteroatoms. The van der Waals surface area contributed by atoms with Gasteiger partial charge in [-0.25, -0.2) is 4.79 Å². The quantitative estimate of drug-likeness (QED) is 0.308. The van der Waals surface area contributed by atoms with Crippen molar-refractivity contribution in [3.63, 3.8) is 0 Å². The van der Waals surface area contributed by atoms with E-state index in [9.17, 15) is 9.59 Å². The molecular weight excluding hydrogens is 478 g/mol. The van der Waals surface area contributed by atoms with Gasteiger partial charge in [0.15, 0.2) is 0 Å². The minimum absolute atomic E-state index is 0.284. The first-order chi connectivity index (χ1) is 17.5. The Morgan fingerprint density at radius 3 is 2.14 bits per heavy atom. The minimum Gasteiger partial charge on any atom is -0.497 e. The standard InChI is InChI=1S/C26H25N5O4S/c1-34-20-14-19(15-21(16-20)35-2)27-25(33)28-22(13-17-9-5-3-6-10-17)23(32)29-26-31-30-24(36-26)18-11-7-4-8-12-18/h3-12,14-16,22H,13H2,1-2H3,(H2,27,28,33)(H,29,31,32). The first kappa shape index (κ1) is 24.7. The van der Waals surface area contributed by atoms with Crippen LogP contribution in [0.15, 0.2) is 78.9 Å². The van der Waals surface area contributed by atoms with E-state index in [1.54, 1.807) is 18.2 Å². The molecule has 1 heterocycles. The van der Waals surface area contributed by atoms with E-state index in [4.69, 9.17) is 9.47 Å². The van der Waals surface area contributed by atoms with Crippen molar-refractivity contribution in [2.45, 2.75) is 12.5 Å². The molecule has 1 unspecified atom stereocenters. The number of methoxy groups -OCH3 is 2. The number of nitrogens with zero attached hydrogens (tertiary/aromatic N) is 2. The van der Waals surface area contributed by atoms with Gasteiger partial charge in [-0.15, -0.1) is 10.2 Å². The fourth-order valence-corrected chi connectivity index (χ4v) is 4.18. The number of carbonyl (C=O) groups is 2. The van der Waals surface area contributed by atoms with Crippen molar-refractivity contribution in [3.8, 4) is 22.1 Å². The fraction of sp³-hybridized carbons (Fsp3) is 0.154. The molecule has 1 aromatic heterocycles. The summed E-state index contributed by atoms with van der Waals surface area (Å²) in [7, 11) is 3.05. The van der Waals surface area contributed by atoms with E-state index in [1.807, 2.05) is 60.7 Å². The summed E-state index contributed by atoms with van der Waals surface area (Å²) in [6, 6.07) is 22.6. The third-order valence-corrected chi connectivity index (χ3v) is 6.08. The van der Waals surface area contributed by atoms with Crippen molar-refractivity contribution in [2.75, 3.05) is 24.9 Å². The van der Waals surface area contributed by atoms with Crippen molar-refractivity contribution < 1.29 is 19.1 Å². The minimum atomic E-state index is -0.871. The van der Waals surface area contributed by atoms with Gasteiger partial charge in [-0.1, -0.05) is 72.0 Å². The van der Waals surface area contributed by atoms with E-state index in [0.29, 0.717) is 27.3 Å². The van der Waals surface area contributed by atoms with Crippen molar-refractivity contribution in [2.24, 2.45) is 0 Å². The number of nitrogens with one attached hydrogen (secondary N) is 3. The van der Waals surface area contributed by atoms with Gasteiger partial charge in [0.2, 0.25) is 11.0 Å². The van der Waals surface area contributed by atoms with Crippen LogP contribution < -0.4 is 25.4 Å². The van der Waals surface area contributed by atoms with Crippen molar-refractivity contribution in [3.05, 3.63) is 84.4 Å². The monoisotopic (exact) mass is 503 g/mol. The molecule has 3 N–H and O–H groups in total. The lowest BCUT2D eigenvalue weighted by molar-refractivity contribution is -0.117. The van der Waals surface area contributed by atoms with Crippen LogP contribution in [0, 0.1) is 0 Å². The van der Waals surface area contributed by atoms with Crippen molar-refractivity contribution in [1.82, 2.24) is 15.5 Å². The van der Waals surface area contributed by atoms with E-state index in [-0.39, 0.29) is 6.42 Å². The molecule has 1 atom stereocenters. The second-order valence-electron chi connectivity index (χ2n) is 7.71. The fourth-order valence-electron chi connectivity index (χ4n) is 3.43. The molecule has 4 rings (SSSR count). The van der Waals surface area contributed by atoms with Crippen LogP contribution in [0.2, 0.25) is 0 Å². The molecule has 3 amide bonds. The lowest BCUT2D eigenvalue weighted by atomic mass is 10.1. The van der Waals surface area contributed by atoms with Crippen LogP contribution >= 0.6 is 11.3 Å². The highest BCUT2D eigenvalue weighted by molar-refractivity contribution is 7.18. The Labute approximate surface area is 212 Å². The normalized spacial score (nSPS) is 11.3. The van der Waals surface area contributed by atoms with E-state index >= 15 is 0 Å². The number of hydrogen-bond acceptors (Lipinski definition) is 7. The smallest absolute Gasteiger partial charge is 0.319 e. The molecule has 0 saturated carbocycles. The lowest BCUT2D eigenvalue weighted by Gasteiger charge is -2.18. The third kappa shape index (κ3) is 6.57. The van der Waals surface area contributed by atoms with Gasteiger partial charge in [0.25, 0.3) is 0 Å². The molecule has 9 nitrogen and oxygen atoms in total. The summed E-state index contributed by atoms with van der Waals surface area (Å²) >= 11 is 1.26. The van der Waals surface area contributed by atoms with Gasteiger partial charge in [-0.05, 0) is 5.56 Å². The first-order valence-electron chi connectivity index (χ1n) is 11.1. The summed E-state index contributed by atoms with van der Waals surface area (Å²) in [5, 5.41) is 17.6. The number of carbonyl (C=O) groups excluding carboxylic acids is 2. The Balaban J connectivity index is 1.48. The van der Waals surface area contributed by atoms with Crippen LogP contribution in [0.5, 0.6) is 11.5 Å². The Morgan fingerprint density at radius 2 is 1.50 bits per heavy atom. The maximum atomic E-state index is 13.2. The molecule has 184 valence electrons. The van der Waals surface area contributed by atoms with Crippen molar-refractivity contribution in [1.29, 1.82) is 0 Å². The highest BCUT2D eigenvalue weighted by Gasteiger charge is 2.23. The van der Waals surface area contributed by atoms with E-state index in [2.05, 4.69) is 26.1 Å². The van der Waals surface area contributed by atoms with E-state index < -0.39 is 18.0 Å². The highest BCUT2D eigenvalue weighted by atomic mass is 32.1. The van der Waals surface area contributed by atoms with Gasteiger partial charge in [0.1, 0.15) is 22.5 Å². The molecule has 0 aliphatic rings. The molecule has 0 aliphatic carbocycles. The summed E-state index contributed by atoms with van der Waals surface area (Å²) in [6.07, 6.45) is 0.284. The van der Waals surface area contributed by atoms with Gasteiger partial charge in [-0.3, -0.25) is 10.1 Å². The van der Waals surface area contributed by atoms with E-state index in [1.165, 1.54) is 25.6 Å². The topological polar surface area (TPSA) is 114 Å². The molecule has 0 spiro atoms. The van der Waals surface area contributed by atoms with Crippen LogP contribution in [0.3, 0.4) is 0 Å². The van der Waals surface area contributed by atoms with Crippen LogP contribution in [0.4, 0.5) is 15.6 Å². The highest BCUT2D eigenvalue weighted by Crippen LogP contribution is 2.27. The summed E-state index contributed by atoms with van der Waals surface area (Å²) < 4.78 is 10.5. The maximum absolute atomic E-state index is 13.2. The van der Waals surface area contributed by atoms with Crippen molar-refractivity contribution >= 4 is 34.1 Å². The number of aromatic nitrogens is 2. The van der Waals surface area contributed by atoms with Gasteiger partial charge in [0, 0.05) is 35.9 Å². The third-order valence-electron chi connectivity index (χ3n) is 5.19. The zero-order chi connectivity index (χ0) is 25.3. The molecular formula is C26H25N5O4S. The number of urea groups is 1. The van der Waals surface area contributed by atoms with Crippen LogP contribution in [-0.2, 0) is 11.2 Å². The zero-order valence-electron chi connectivity index (χ0n) is 19.7. The number of benzene rings is 3. The molecule has 0 bridgehead atoms. The molecule has 0 saturated heterocycles. The predicted octanol–water partition coefficient (Wildman–Crippen LogP) is 4.59. The van der Waals surface area contributed by atoms with Crippen LogP contribution in [-0.4, -0.2) is 42.4 Å². The van der Waals surface area contributed by atoms with Crippen LogP contribution in [0.1, 0.15) is 5.56 Å². The second-order valence-corrected chi connectivity index (χ2v) is 8.69. The predicted molar refractivity (Wildman–Crippen MR) is 140 cm³/mol. The Kier molecular flexibility index (Phi) is 8.09. The molecule has 0 aliphatic heterocycles. The largest absolute Gasteiger partial charge is 0.497 e. The Morgan fingerprint density at radius 1 is 0.861 bits per heavy atom. The number of ether oxygens (including phenoxy) is 2. The molecule has 4 aromatic rings.